The molecular weight excluding hydrogens is 479 g/mol. The number of para-hydroxylation sites is 1. The number of rotatable bonds is 5. The van der Waals surface area contributed by atoms with E-state index in [0.717, 1.165) is 29.6 Å². The SMILES string of the molecule is CCc1nc(C)nc(N2CCCN(C(=O)Nc3ccccc3C(F)(F)F)CC2)c1Cc1ccc(C)cc1. The van der Waals surface area contributed by atoms with Crippen LogP contribution in [-0.4, -0.2) is 47.1 Å². The molecule has 3 aromatic rings. The number of benzene rings is 2. The smallest absolute Gasteiger partial charge is 0.354 e. The van der Waals surface area contributed by atoms with E-state index in [9.17, 15) is 18.0 Å². The van der Waals surface area contributed by atoms with Crippen molar-refractivity contribution >= 4 is 17.5 Å². The normalized spacial score (nSPS) is 14.4. The molecule has 2 amide bonds. The third kappa shape index (κ3) is 6.39. The molecule has 0 unspecified atom stereocenters. The summed E-state index contributed by atoms with van der Waals surface area (Å²) in [6, 6.07) is 12.9. The average Bonchev–Trinajstić information content (AvgIpc) is 3.12. The Labute approximate surface area is 215 Å². The van der Waals surface area contributed by atoms with Crippen LogP contribution in [0.1, 0.15) is 47.1 Å². The first-order valence-electron chi connectivity index (χ1n) is 12.5. The Morgan fingerprint density at radius 1 is 0.973 bits per heavy atom. The maximum absolute atomic E-state index is 13.4. The van der Waals surface area contributed by atoms with Crippen molar-refractivity contribution in [2.24, 2.45) is 0 Å². The van der Waals surface area contributed by atoms with Gasteiger partial charge in [0.2, 0.25) is 0 Å². The van der Waals surface area contributed by atoms with Crippen molar-refractivity contribution in [2.75, 3.05) is 36.4 Å². The molecule has 0 atom stereocenters. The topological polar surface area (TPSA) is 61.4 Å². The van der Waals surface area contributed by atoms with Gasteiger partial charge in [0.15, 0.2) is 0 Å². The van der Waals surface area contributed by atoms with Gasteiger partial charge in [-0.2, -0.15) is 13.2 Å². The summed E-state index contributed by atoms with van der Waals surface area (Å²) in [7, 11) is 0. The summed E-state index contributed by atoms with van der Waals surface area (Å²) in [5.41, 5.74) is 3.36. The summed E-state index contributed by atoms with van der Waals surface area (Å²) in [6.07, 6.45) is -2.40. The van der Waals surface area contributed by atoms with E-state index in [2.05, 4.69) is 48.3 Å². The summed E-state index contributed by atoms with van der Waals surface area (Å²) in [6.45, 7) is 8.04. The van der Waals surface area contributed by atoms with Gasteiger partial charge in [-0.3, -0.25) is 0 Å². The van der Waals surface area contributed by atoms with Crippen molar-refractivity contribution in [1.82, 2.24) is 14.9 Å². The molecule has 9 heteroatoms. The predicted molar refractivity (Wildman–Crippen MR) is 139 cm³/mol. The number of nitrogens with one attached hydrogen (secondary N) is 1. The minimum Gasteiger partial charge on any atom is -0.354 e. The molecule has 1 aliphatic heterocycles. The first kappa shape index (κ1) is 26.4. The van der Waals surface area contributed by atoms with Crippen molar-refractivity contribution < 1.29 is 18.0 Å². The van der Waals surface area contributed by atoms with Crippen molar-refractivity contribution in [3.8, 4) is 0 Å². The Hall–Kier alpha value is -3.62. The van der Waals surface area contributed by atoms with Crippen molar-refractivity contribution in [2.45, 2.75) is 46.2 Å². The number of aromatic nitrogens is 2. The van der Waals surface area contributed by atoms with E-state index < -0.39 is 17.8 Å². The molecule has 196 valence electrons. The molecule has 2 aromatic carbocycles. The number of anilines is 2. The highest BCUT2D eigenvalue weighted by Gasteiger charge is 2.34. The van der Waals surface area contributed by atoms with Gasteiger partial charge < -0.3 is 15.1 Å². The first-order valence-corrected chi connectivity index (χ1v) is 12.5. The molecule has 0 spiro atoms. The fraction of sp³-hybridized carbons (Fsp3) is 0.393. The number of hydrogen-bond acceptors (Lipinski definition) is 4. The quantitative estimate of drug-likeness (QED) is 0.456. The number of nitrogens with zero attached hydrogens (tertiary/aromatic N) is 4. The predicted octanol–water partition coefficient (Wildman–Crippen LogP) is 6.01. The summed E-state index contributed by atoms with van der Waals surface area (Å²) in [5, 5.41) is 2.47. The zero-order valence-corrected chi connectivity index (χ0v) is 21.4. The lowest BCUT2D eigenvalue weighted by molar-refractivity contribution is -0.136. The lowest BCUT2D eigenvalue weighted by Gasteiger charge is -2.26. The van der Waals surface area contributed by atoms with Gasteiger partial charge in [0.25, 0.3) is 0 Å². The van der Waals surface area contributed by atoms with Crippen LogP contribution >= 0.6 is 0 Å². The maximum atomic E-state index is 13.4. The van der Waals surface area contributed by atoms with Crippen LogP contribution in [0.3, 0.4) is 0 Å². The molecule has 1 saturated heterocycles. The largest absolute Gasteiger partial charge is 0.418 e. The monoisotopic (exact) mass is 511 g/mol. The minimum absolute atomic E-state index is 0.236. The highest BCUT2D eigenvalue weighted by molar-refractivity contribution is 5.90. The van der Waals surface area contributed by atoms with E-state index in [4.69, 9.17) is 9.97 Å². The van der Waals surface area contributed by atoms with Crippen LogP contribution < -0.4 is 10.2 Å². The number of alkyl halides is 3. The summed E-state index contributed by atoms with van der Waals surface area (Å²) < 4.78 is 40.1. The second-order valence-corrected chi connectivity index (χ2v) is 9.34. The van der Waals surface area contributed by atoms with Gasteiger partial charge in [-0.05, 0) is 44.4 Å². The fourth-order valence-electron chi connectivity index (χ4n) is 4.65. The summed E-state index contributed by atoms with van der Waals surface area (Å²) in [4.78, 5) is 26.2. The molecule has 0 saturated carbocycles. The molecule has 37 heavy (non-hydrogen) atoms. The highest BCUT2D eigenvalue weighted by atomic mass is 19.4. The number of carbonyl (C=O) groups is 1. The van der Waals surface area contributed by atoms with Crippen LogP contribution in [-0.2, 0) is 19.0 Å². The molecule has 0 bridgehead atoms. The summed E-state index contributed by atoms with van der Waals surface area (Å²) in [5.74, 6) is 1.57. The van der Waals surface area contributed by atoms with Crippen LogP contribution in [0, 0.1) is 13.8 Å². The molecule has 0 radical (unpaired) electrons. The zero-order valence-electron chi connectivity index (χ0n) is 21.4. The first-order chi connectivity index (χ1) is 17.7. The Morgan fingerprint density at radius 3 is 2.41 bits per heavy atom. The molecule has 2 heterocycles. The van der Waals surface area contributed by atoms with Gasteiger partial charge >= 0.3 is 12.2 Å². The van der Waals surface area contributed by atoms with Crippen LogP contribution in [0.4, 0.5) is 29.5 Å². The van der Waals surface area contributed by atoms with Gasteiger partial charge in [0.05, 0.1) is 11.3 Å². The Balaban J connectivity index is 1.53. The van der Waals surface area contributed by atoms with Crippen molar-refractivity contribution in [3.63, 3.8) is 0 Å². The maximum Gasteiger partial charge on any atom is 0.418 e. The lowest BCUT2D eigenvalue weighted by atomic mass is 10.0. The molecule has 0 aliphatic carbocycles. The van der Waals surface area contributed by atoms with E-state index in [1.165, 1.54) is 29.3 Å². The second-order valence-electron chi connectivity index (χ2n) is 9.34. The number of aryl methyl sites for hydroxylation is 3. The standard InChI is InChI=1S/C28H32F3N5O/c1-4-24-22(18-21-12-10-19(2)11-13-21)26(33-20(3)32-24)35-14-7-15-36(17-16-35)27(37)34-25-9-6-5-8-23(25)28(29,30)31/h5-6,8-13H,4,7,14-18H2,1-3H3,(H,34,37). The Bertz CT molecular complexity index is 1240. The van der Waals surface area contributed by atoms with Crippen molar-refractivity contribution in [3.05, 3.63) is 82.3 Å². The van der Waals surface area contributed by atoms with Gasteiger partial charge in [0.1, 0.15) is 11.6 Å². The minimum atomic E-state index is -4.55. The van der Waals surface area contributed by atoms with E-state index in [-0.39, 0.29) is 5.69 Å². The lowest BCUT2D eigenvalue weighted by Crippen LogP contribution is -2.38. The third-order valence-electron chi connectivity index (χ3n) is 6.58. The molecule has 1 aromatic heterocycles. The van der Waals surface area contributed by atoms with Crippen molar-refractivity contribution in [1.29, 1.82) is 0 Å². The Morgan fingerprint density at radius 2 is 1.70 bits per heavy atom. The molecular formula is C28H32F3N5O. The summed E-state index contributed by atoms with van der Waals surface area (Å²) >= 11 is 0. The van der Waals surface area contributed by atoms with Gasteiger partial charge in [-0.25, -0.2) is 14.8 Å². The zero-order chi connectivity index (χ0) is 26.6. The molecule has 1 fully saturated rings. The molecule has 4 rings (SSSR count). The van der Waals surface area contributed by atoms with E-state index >= 15 is 0 Å². The van der Waals surface area contributed by atoms with Crippen LogP contribution in [0.15, 0.2) is 48.5 Å². The number of hydrogen-bond donors (Lipinski definition) is 1. The number of halogens is 3. The van der Waals surface area contributed by atoms with Gasteiger partial charge in [-0.1, -0.05) is 48.9 Å². The van der Waals surface area contributed by atoms with Crippen LogP contribution in [0.25, 0.3) is 0 Å². The third-order valence-corrected chi connectivity index (χ3v) is 6.58. The molecule has 6 nitrogen and oxygen atoms in total. The number of amides is 2. The van der Waals surface area contributed by atoms with E-state index in [0.29, 0.717) is 44.8 Å². The highest BCUT2D eigenvalue weighted by Crippen LogP contribution is 2.34. The van der Waals surface area contributed by atoms with Gasteiger partial charge in [0, 0.05) is 43.9 Å². The van der Waals surface area contributed by atoms with Crippen LogP contribution in [0.5, 0.6) is 0 Å². The number of carbonyl (C=O) groups excluding carboxylic acids is 1. The van der Waals surface area contributed by atoms with Gasteiger partial charge in [-0.15, -0.1) is 0 Å². The van der Waals surface area contributed by atoms with E-state index in [1.807, 2.05) is 6.92 Å². The molecule has 1 N–H and O–H groups in total. The van der Waals surface area contributed by atoms with Crippen LogP contribution in [0.2, 0.25) is 0 Å². The molecule has 1 aliphatic rings. The van der Waals surface area contributed by atoms with E-state index in [1.54, 1.807) is 4.90 Å². The fourth-order valence-corrected chi connectivity index (χ4v) is 4.65. The number of urea groups is 1. The second kappa shape index (κ2) is 11.2. The Kier molecular flexibility index (Phi) is 8.00. The average molecular weight is 512 g/mol.